The number of fused-ring (bicyclic) bond motifs is 1. The number of nitrogens with zero attached hydrogens (tertiary/aromatic N) is 1. The topological polar surface area (TPSA) is 39.6 Å². The highest BCUT2D eigenvalue weighted by Gasteiger charge is 2.13. The van der Waals surface area contributed by atoms with Crippen LogP contribution in [0.5, 0.6) is 0 Å². The number of aromatic amines is 1. The zero-order valence-corrected chi connectivity index (χ0v) is 10.1. The van der Waals surface area contributed by atoms with Gasteiger partial charge in [-0.25, -0.2) is 0 Å². The van der Waals surface area contributed by atoms with E-state index >= 15 is 0 Å². The van der Waals surface area contributed by atoms with E-state index < -0.39 is 0 Å². The second-order valence-corrected chi connectivity index (χ2v) is 4.96. The molecule has 0 saturated heterocycles. The standard InChI is InChI=1S/C14H10N2S/c1-9-4-5-12-10(7-9)11(8-15)14(16-12)13-3-2-6-17-13/h2-7,16H,1H3. The maximum absolute atomic E-state index is 9.33. The first kappa shape index (κ1) is 10.1. The van der Waals surface area contributed by atoms with E-state index in [0.29, 0.717) is 0 Å². The average Bonchev–Trinajstić information content (AvgIpc) is 2.94. The largest absolute Gasteiger partial charge is 0.353 e. The van der Waals surface area contributed by atoms with Crippen LogP contribution in [0.15, 0.2) is 35.7 Å². The lowest BCUT2D eigenvalue weighted by Gasteiger charge is -1.93. The lowest BCUT2D eigenvalue weighted by molar-refractivity contribution is 1.45. The normalized spacial score (nSPS) is 10.6. The molecule has 0 unspecified atom stereocenters. The fourth-order valence-electron chi connectivity index (χ4n) is 2.03. The highest BCUT2D eigenvalue weighted by Crippen LogP contribution is 2.32. The van der Waals surface area contributed by atoms with Crippen LogP contribution in [0.4, 0.5) is 0 Å². The summed E-state index contributed by atoms with van der Waals surface area (Å²) < 4.78 is 0. The molecular weight excluding hydrogens is 228 g/mol. The molecule has 1 N–H and O–H groups in total. The molecule has 2 nitrogen and oxygen atoms in total. The molecule has 0 bridgehead atoms. The zero-order valence-electron chi connectivity index (χ0n) is 9.32. The SMILES string of the molecule is Cc1ccc2[nH]c(-c3cccs3)c(C#N)c2c1. The highest BCUT2D eigenvalue weighted by atomic mass is 32.1. The molecule has 3 aromatic rings. The summed E-state index contributed by atoms with van der Waals surface area (Å²) in [6.45, 7) is 2.04. The van der Waals surface area contributed by atoms with Crippen LogP contribution >= 0.6 is 11.3 Å². The number of nitriles is 1. The predicted octanol–water partition coefficient (Wildman–Crippen LogP) is 4.08. The summed E-state index contributed by atoms with van der Waals surface area (Å²) in [5.74, 6) is 0. The molecule has 17 heavy (non-hydrogen) atoms. The fraction of sp³-hybridized carbons (Fsp3) is 0.0714. The summed E-state index contributed by atoms with van der Waals surface area (Å²) >= 11 is 1.64. The summed E-state index contributed by atoms with van der Waals surface area (Å²) in [5, 5.41) is 12.4. The monoisotopic (exact) mass is 238 g/mol. The van der Waals surface area contributed by atoms with E-state index in [1.165, 1.54) is 5.56 Å². The number of aryl methyl sites for hydroxylation is 1. The second kappa shape index (κ2) is 3.76. The number of aromatic nitrogens is 1. The van der Waals surface area contributed by atoms with Gasteiger partial charge in [0.25, 0.3) is 0 Å². The first-order chi connectivity index (χ1) is 8.29. The number of hydrogen-bond donors (Lipinski definition) is 1. The van der Waals surface area contributed by atoms with Gasteiger partial charge in [-0.3, -0.25) is 0 Å². The van der Waals surface area contributed by atoms with Gasteiger partial charge in [0.15, 0.2) is 0 Å². The van der Waals surface area contributed by atoms with Crippen molar-refractivity contribution in [1.82, 2.24) is 4.98 Å². The van der Waals surface area contributed by atoms with E-state index in [-0.39, 0.29) is 0 Å². The van der Waals surface area contributed by atoms with Gasteiger partial charge in [-0.05, 0) is 30.5 Å². The van der Waals surface area contributed by atoms with Crippen molar-refractivity contribution in [2.24, 2.45) is 0 Å². The number of benzene rings is 1. The van der Waals surface area contributed by atoms with Crippen molar-refractivity contribution in [2.45, 2.75) is 6.92 Å². The minimum atomic E-state index is 0.742. The zero-order chi connectivity index (χ0) is 11.8. The van der Waals surface area contributed by atoms with Crippen molar-refractivity contribution >= 4 is 22.2 Å². The molecule has 2 heterocycles. The van der Waals surface area contributed by atoms with Gasteiger partial charge < -0.3 is 4.98 Å². The third-order valence-electron chi connectivity index (χ3n) is 2.83. The number of hydrogen-bond acceptors (Lipinski definition) is 2. The van der Waals surface area contributed by atoms with Crippen LogP contribution in [-0.2, 0) is 0 Å². The van der Waals surface area contributed by atoms with Crippen molar-refractivity contribution in [3.63, 3.8) is 0 Å². The molecular formula is C14H10N2S. The first-order valence-electron chi connectivity index (χ1n) is 5.36. The first-order valence-corrected chi connectivity index (χ1v) is 6.24. The quantitative estimate of drug-likeness (QED) is 0.681. The summed E-state index contributed by atoms with van der Waals surface area (Å²) in [6, 6.07) is 12.5. The predicted molar refractivity (Wildman–Crippen MR) is 71.1 cm³/mol. The Morgan fingerprint density at radius 2 is 2.18 bits per heavy atom. The molecule has 0 aliphatic carbocycles. The summed E-state index contributed by atoms with van der Waals surface area (Å²) in [7, 11) is 0. The van der Waals surface area contributed by atoms with Crippen LogP contribution in [0.2, 0.25) is 0 Å². The smallest absolute Gasteiger partial charge is 0.102 e. The minimum absolute atomic E-state index is 0.742. The Hall–Kier alpha value is -2.05. The van der Waals surface area contributed by atoms with Gasteiger partial charge in [0.1, 0.15) is 6.07 Å². The van der Waals surface area contributed by atoms with Gasteiger partial charge >= 0.3 is 0 Å². The van der Waals surface area contributed by atoms with Crippen molar-refractivity contribution < 1.29 is 0 Å². The molecule has 2 aromatic heterocycles. The van der Waals surface area contributed by atoms with Crippen LogP contribution in [-0.4, -0.2) is 4.98 Å². The van der Waals surface area contributed by atoms with Gasteiger partial charge in [-0.15, -0.1) is 11.3 Å². The summed E-state index contributed by atoms with van der Waals surface area (Å²) in [4.78, 5) is 4.44. The third-order valence-corrected chi connectivity index (χ3v) is 3.72. The molecule has 3 rings (SSSR count). The van der Waals surface area contributed by atoms with Gasteiger partial charge in [0, 0.05) is 10.9 Å². The Morgan fingerprint density at radius 1 is 1.29 bits per heavy atom. The van der Waals surface area contributed by atoms with Gasteiger partial charge in [0.05, 0.1) is 16.1 Å². The molecule has 0 fully saturated rings. The molecule has 0 amide bonds. The van der Waals surface area contributed by atoms with Crippen LogP contribution < -0.4 is 0 Å². The molecule has 0 spiro atoms. The highest BCUT2D eigenvalue weighted by molar-refractivity contribution is 7.13. The Morgan fingerprint density at radius 3 is 2.88 bits per heavy atom. The minimum Gasteiger partial charge on any atom is -0.353 e. The fourth-order valence-corrected chi connectivity index (χ4v) is 2.76. The van der Waals surface area contributed by atoms with Crippen LogP contribution in [0.25, 0.3) is 21.5 Å². The van der Waals surface area contributed by atoms with E-state index in [9.17, 15) is 5.26 Å². The summed E-state index contributed by atoms with van der Waals surface area (Å²) in [5.41, 5.74) is 3.87. The van der Waals surface area contributed by atoms with Crippen LogP contribution in [0.3, 0.4) is 0 Å². The van der Waals surface area contributed by atoms with Gasteiger partial charge in [-0.1, -0.05) is 17.7 Å². The lowest BCUT2D eigenvalue weighted by Crippen LogP contribution is -1.76. The molecule has 0 aliphatic heterocycles. The number of H-pyrrole nitrogens is 1. The van der Waals surface area contributed by atoms with Crippen molar-refractivity contribution in [3.05, 3.63) is 46.8 Å². The van der Waals surface area contributed by atoms with Crippen molar-refractivity contribution in [3.8, 4) is 16.6 Å². The molecule has 82 valence electrons. The molecule has 0 atom stereocenters. The Balaban J connectivity index is 2.37. The number of nitrogens with one attached hydrogen (secondary N) is 1. The van der Waals surface area contributed by atoms with Gasteiger partial charge in [0.2, 0.25) is 0 Å². The van der Waals surface area contributed by atoms with Crippen LogP contribution in [0, 0.1) is 18.3 Å². The third kappa shape index (κ3) is 1.54. The van der Waals surface area contributed by atoms with Gasteiger partial charge in [-0.2, -0.15) is 5.26 Å². The number of rotatable bonds is 1. The molecule has 0 aliphatic rings. The van der Waals surface area contributed by atoms with Crippen molar-refractivity contribution in [1.29, 1.82) is 5.26 Å². The Kier molecular flexibility index (Phi) is 2.24. The molecule has 3 heteroatoms. The van der Waals surface area contributed by atoms with E-state index in [4.69, 9.17) is 0 Å². The van der Waals surface area contributed by atoms with E-state index in [2.05, 4.69) is 23.2 Å². The van der Waals surface area contributed by atoms with E-state index in [1.54, 1.807) is 11.3 Å². The Bertz CT molecular complexity index is 715. The average molecular weight is 238 g/mol. The Labute approximate surface area is 103 Å². The summed E-state index contributed by atoms with van der Waals surface area (Å²) in [6.07, 6.45) is 0. The van der Waals surface area contributed by atoms with E-state index in [0.717, 1.165) is 27.0 Å². The van der Waals surface area contributed by atoms with Crippen molar-refractivity contribution in [2.75, 3.05) is 0 Å². The number of thiophene rings is 1. The molecule has 0 saturated carbocycles. The second-order valence-electron chi connectivity index (χ2n) is 4.01. The van der Waals surface area contributed by atoms with E-state index in [1.807, 2.05) is 30.5 Å². The maximum atomic E-state index is 9.33. The maximum Gasteiger partial charge on any atom is 0.102 e. The lowest BCUT2D eigenvalue weighted by atomic mass is 10.1. The molecule has 1 aromatic carbocycles. The molecule has 0 radical (unpaired) electrons. The van der Waals surface area contributed by atoms with Crippen LogP contribution in [0.1, 0.15) is 11.1 Å².